The molecule has 9 nitrogen and oxygen atoms in total. The van der Waals surface area contributed by atoms with Gasteiger partial charge in [0.25, 0.3) is 5.91 Å². The van der Waals surface area contributed by atoms with Crippen molar-refractivity contribution in [1.29, 1.82) is 0 Å². The van der Waals surface area contributed by atoms with Gasteiger partial charge < -0.3 is 30.0 Å². The number of benzene rings is 3. The number of likely N-dealkylation sites (N-methyl/N-ethyl adjacent to an activating group) is 1. The summed E-state index contributed by atoms with van der Waals surface area (Å²) in [5, 5.41) is 6.58. The lowest BCUT2D eigenvalue weighted by molar-refractivity contribution is 0.0334. The van der Waals surface area contributed by atoms with Crippen LogP contribution in [-0.2, 0) is 22.7 Å². The molecular weight excluding hydrogens is 594 g/mol. The van der Waals surface area contributed by atoms with E-state index in [9.17, 15) is 27.2 Å². The number of carbonyl (C=O) groups excluding carboxylic acids is 2. The summed E-state index contributed by atoms with van der Waals surface area (Å²) < 4.78 is 67.5. The average molecular weight is 622 g/mol. The number of ether oxygens (including phenoxy) is 2. The molecule has 1 atom stereocenters. The standard InChI is InChI=1S/C32H27F4N5O4/c1-41(31(42)26-10-18-9-21(33)24(36)13-25(18)39-26)28-16-44-15-27-29(28)19-11-22(34)23(35)12-20(19)30(40-27)37-7-8-38-32(43)45-14-17-5-3-2-4-6-17/h2-6,9-13,28,39H,7-8,14-16H2,1H3,(H,37,40)(H,38,43)/t28-/m0/s1. The monoisotopic (exact) mass is 621 g/mol. The lowest BCUT2D eigenvalue weighted by Gasteiger charge is -2.34. The minimum Gasteiger partial charge on any atom is -0.445 e. The van der Waals surface area contributed by atoms with Crippen LogP contribution in [0.2, 0.25) is 0 Å². The van der Waals surface area contributed by atoms with E-state index in [1.807, 2.05) is 30.3 Å². The minimum atomic E-state index is -1.08. The lowest BCUT2D eigenvalue weighted by atomic mass is 9.94. The molecule has 2 aromatic heterocycles. The van der Waals surface area contributed by atoms with Gasteiger partial charge >= 0.3 is 6.09 Å². The Balaban J connectivity index is 1.22. The van der Waals surface area contributed by atoms with Gasteiger partial charge in [0, 0.05) is 48.1 Å². The molecule has 0 fully saturated rings. The Bertz CT molecular complexity index is 1880. The average Bonchev–Trinajstić information content (AvgIpc) is 3.45. The van der Waals surface area contributed by atoms with E-state index in [0.29, 0.717) is 22.0 Å². The third kappa shape index (κ3) is 6.11. The number of alkyl carbamates (subject to hydrolysis) is 1. The number of H-pyrrole nitrogens is 1. The van der Waals surface area contributed by atoms with Crippen molar-refractivity contribution in [3.05, 3.63) is 106 Å². The Hall–Kier alpha value is -5.17. The van der Waals surface area contributed by atoms with Crippen molar-refractivity contribution in [3.63, 3.8) is 0 Å². The van der Waals surface area contributed by atoms with Gasteiger partial charge in [-0.1, -0.05) is 30.3 Å². The predicted octanol–water partition coefficient (Wildman–Crippen LogP) is 5.95. The van der Waals surface area contributed by atoms with Crippen molar-refractivity contribution >= 4 is 39.5 Å². The molecule has 3 aromatic carbocycles. The second kappa shape index (κ2) is 12.4. The van der Waals surface area contributed by atoms with Gasteiger partial charge in [-0.3, -0.25) is 4.79 Å². The van der Waals surface area contributed by atoms with Crippen LogP contribution in [0.4, 0.5) is 28.2 Å². The van der Waals surface area contributed by atoms with Crippen LogP contribution < -0.4 is 10.6 Å². The Kier molecular flexibility index (Phi) is 8.26. The molecule has 0 saturated carbocycles. The maximum atomic E-state index is 14.6. The number of nitrogens with one attached hydrogen (secondary N) is 3. The molecular formula is C32H27F4N5O4. The van der Waals surface area contributed by atoms with Crippen LogP contribution in [0.15, 0.2) is 60.7 Å². The van der Waals surface area contributed by atoms with Crippen molar-refractivity contribution < 1.29 is 36.6 Å². The first-order chi connectivity index (χ1) is 21.7. The summed E-state index contributed by atoms with van der Waals surface area (Å²) in [5.74, 6) is -4.54. The molecule has 6 rings (SSSR count). The first kappa shape index (κ1) is 29.9. The summed E-state index contributed by atoms with van der Waals surface area (Å²) in [5.41, 5.74) is 2.04. The number of hydrogen-bond acceptors (Lipinski definition) is 6. The molecule has 3 N–H and O–H groups in total. The summed E-state index contributed by atoms with van der Waals surface area (Å²) in [6.45, 7) is 0.525. The predicted molar refractivity (Wildman–Crippen MR) is 157 cm³/mol. The molecule has 0 unspecified atom stereocenters. The molecule has 45 heavy (non-hydrogen) atoms. The zero-order valence-corrected chi connectivity index (χ0v) is 23.9. The van der Waals surface area contributed by atoms with Crippen LogP contribution in [0.25, 0.3) is 21.7 Å². The van der Waals surface area contributed by atoms with E-state index in [2.05, 4.69) is 20.6 Å². The smallest absolute Gasteiger partial charge is 0.407 e. The normalized spacial score (nSPS) is 14.3. The molecule has 13 heteroatoms. The first-order valence-electron chi connectivity index (χ1n) is 14.0. The summed E-state index contributed by atoms with van der Waals surface area (Å²) >= 11 is 0. The van der Waals surface area contributed by atoms with Gasteiger partial charge in [0.05, 0.1) is 24.9 Å². The molecule has 1 aliphatic rings. The number of nitrogens with zero attached hydrogens (tertiary/aromatic N) is 2. The topological polar surface area (TPSA) is 109 Å². The zero-order chi connectivity index (χ0) is 31.7. The van der Waals surface area contributed by atoms with Gasteiger partial charge in [-0.05, 0) is 35.2 Å². The highest BCUT2D eigenvalue weighted by Gasteiger charge is 2.32. The van der Waals surface area contributed by atoms with Crippen molar-refractivity contribution in [3.8, 4) is 0 Å². The molecule has 3 heterocycles. The van der Waals surface area contributed by atoms with Gasteiger partial charge in [0.2, 0.25) is 0 Å². The highest BCUT2D eigenvalue weighted by atomic mass is 19.2. The van der Waals surface area contributed by atoms with E-state index in [-0.39, 0.29) is 55.3 Å². The van der Waals surface area contributed by atoms with Crippen molar-refractivity contribution in [2.45, 2.75) is 19.3 Å². The molecule has 0 spiro atoms. The summed E-state index contributed by atoms with van der Waals surface area (Å²) in [6, 6.07) is 13.9. The third-order valence-electron chi connectivity index (χ3n) is 7.59. The second-order valence-electron chi connectivity index (χ2n) is 10.5. The number of aromatic amines is 1. The Labute approximate surface area is 254 Å². The molecule has 0 bridgehead atoms. The molecule has 1 aliphatic heterocycles. The van der Waals surface area contributed by atoms with Gasteiger partial charge in [0.15, 0.2) is 23.3 Å². The molecule has 0 radical (unpaired) electrons. The quantitative estimate of drug-likeness (QED) is 0.146. The van der Waals surface area contributed by atoms with E-state index in [1.165, 1.54) is 18.0 Å². The van der Waals surface area contributed by atoms with E-state index < -0.39 is 41.3 Å². The van der Waals surface area contributed by atoms with Crippen LogP contribution in [0.1, 0.15) is 33.4 Å². The van der Waals surface area contributed by atoms with Crippen LogP contribution >= 0.6 is 0 Å². The Morgan fingerprint density at radius 3 is 2.47 bits per heavy atom. The van der Waals surface area contributed by atoms with Gasteiger partial charge in [-0.2, -0.15) is 0 Å². The highest BCUT2D eigenvalue weighted by Crippen LogP contribution is 2.38. The lowest BCUT2D eigenvalue weighted by Crippen LogP contribution is -2.37. The first-order valence-corrected chi connectivity index (χ1v) is 14.0. The SMILES string of the molecule is CN(C(=O)c1cc2cc(F)c(F)cc2[nH]1)[C@H]1COCc2nc(NCCNC(=O)OCc3ccccc3)c3cc(F)c(F)cc3c21. The van der Waals surface area contributed by atoms with E-state index >= 15 is 0 Å². The maximum absolute atomic E-state index is 14.6. The van der Waals surface area contributed by atoms with Crippen molar-refractivity contribution in [2.75, 3.05) is 32.1 Å². The van der Waals surface area contributed by atoms with Crippen LogP contribution in [0.3, 0.4) is 0 Å². The minimum absolute atomic E-state index is 0.0380. The van der Waals surface area contributed by atoms with Crippen LogP contribution in [0.5, 0.6) is 0 Å². The number of rotatable bonds is 8. The van der Waals surface area contributed by atoms with E-state index in [1.54, 1.807) is 0 Å². The number of hydrogen-bond donors (Lipinski definition) is 3. The van der Waals surface area contributed by atoms with Gasteiger partial charge in [0.1, 0.15) is 18.1 Å². The fraction of sp³-hybridized carbons (Fsp3) is 0.219. The molecule has 0 aliphatic carbocycles. The molecule has 232 valence electrons. The number of fused-ring (bicyclic) bond motifs is 4. The summed E-state index contributed by atoms with van der Waals surface area (Å²) in [6.07, 6.45) is -0.619. The number of halogens is 4. The molecule has 2 amide bonds. The number of pyridine rings is 1. The zero-order valence-electron chi connectivity index (χ0n) is 23.9. The third-order valence-corrected chi connectivity index (χ3v) is 7.59. The van der Waals surface area contributed by atoms with E-state index in [0.717, 1.165) is 29.8 Å². The highest BCUT2D eigenvalue weighted by molar-refractivity contribution is 5.99. The Morgan fingerprint density at radius 1 is 0.978 bits per heavy atom. The van der Waals surface area contributed by atoms with Gasteiger partial charge in [-0.25, -0.2) is 27.3 Å². The summed E-state index contributed by atoms with van der Waals surface area (Å²) in [4.78, 5) is 34.4. The van der Waals surface area contributed by atoms with Crippen LogP contribution in [0, 0.1) is 23.3 Å². The second-order valence-corrected chi connectivity index (χ2v) is 10.5. The number of anilines is 1. The number of aromatic nitrogens is 2. The fourth-order valence-corrected chi connectivity index (χ4v) is 5.34. The Morgan fingerprint density at radius 2 is 1.69 bits per heavy atom. The van der Waals surface area contributed by atoms with Crippen LogP contribution in [-0.4, -0.2) is 53.6 Å². The largest absolute Gasteiger partial charge is 0.445 e. The molecule has 0 saturated heterocycles. The van der Waals surface area contributed by atoms with E-state index in [4.69, 9.17) is 9.47 Å². The summed E-state index contributed by atoms with van der Waals surface area (Å²) in [7, 11) is 1.51. The number of amides is 2. The van der Waals surface area contributed by atoms with Crippen molar-refractivity contribution in [1.82, 2.24) is 20.2 Å². The number of carbonyl (C=O) groups is 2. The fourth-order valence-electron chi connectivity index (χ4n) is 5.34. The van der Waals surface area contributed by atoms with Crippen molar-refractivity contribution in [2.24, 2.45) is 0 Å². The van der Waals surface area contributed by atoms with Gasteiger partial charge in [-0.15, -0.1) is 0 Å². The maximum Gasteiger partial charge on any atom is 0.407 e. The molecule has 5 aromatic rings.